The zero-order valence-corrected chi connectivity index (χ0v) is 15.6. The van der Waals surface area contributed by atoms with E-state index in [9.17, 15) is 29.8 Å². The number of nitro benzene ring substituents is 2. The van der Waals surface area contributed by atoms with Crippen LogP contribution in [-0.4, -0.2) is 42.0 Å². The van der Waals surface area contributed by atoms with Crippen LogP contribution in [0.5, 0.6) is 0 Å². The van der Waals surface area contributed by atoms with E-state index in [-0.39, 0.29) is 22.5 Å². The highest BCUT2D eigenvalue weighted by Gasteiger charge is 2.18. The number of aromatic nitrogens is 2. The Labute approximate surface area is 173 Å². The van der Waals surface area contributed by atoms with E-state index in [1.165, 1.54) is 36.4 Å². The van der Waals surface area contributed by atoms with E-state index in [0.717, 1.165) is 12.1 Å². The summed E-state index contributed by atoms with van der Waals surface area (Å²) in [5.41, 5.74) is 3.79. The summed E-state index contributed by atoms with van der Waals surface area (Å²) in [5.74, 6) is -2.26. The molecule has 0 radical (unpaired) electrons. The average molecular weight is 429 g/mol. The molecule has 0 fully saturated rings. The highest BCUT2D eigenvalue weighted by atomic mass is 16.6. The van der Waals surface area contributed by atoms with Crippen molar-refractivity contribution in [3.05, 3.63) is 98.3 Å². The molecule has 0 saturated carbocycles. The second-order valence-electron chi connectivity index (χ2n) is 5.27. The van der Waals surface area contributed by atoms with Gasteiger partial charge in [-0.15, -0.1) is 0 Å². The number of carboxylic acids is 2. The fourth-order valence-electron chi connectivity index (χ4n) is 1.94. The number of para-hydroxylation sites is 2. The lowest BCUT2D eigenvalue weighted by Crippen LogP contribution is -2.01. The predicted molar refractivity (Wildman–Crippen MR) is 107 cm³/mol. The van der Waals surface area contributed by atoms with E-state index in [0.29, 0.717) is 5.95 Å². The number of nitrogens with zero attached hydrogens (tertiary/aromatic N) is 4. The van der Waals surface area contributed by atoms with Crippen molar-refractivity contribution < 1.29 is 29.6 Å². The quantitative estimate of drug-likeness (QED) is 0.405. The lowest BCUT2D eigenvalue weighted by atomic mass is 10.2. The van der Waals surface area contributed by atoms with Gasteiger partial charge in [-0.2, -0.15) is 0 Å². The van der Waals surface area contributed by atoms with Crippen LogP contribution in [0.2, 0.25) is 0 Å². The number of carboxylic acid groups (broad SMARTS) is 2. The Morgan fingerprint density at radius 1 is 0.742 bits per heavy atom. The molecule has 13 nitrogen and oxygen atoms in total. The molecule has 0 unspecified atom stereocenters. The van der Waals surface area contributed by atoms with Crippen molar-refractivity contribution in [2.24, 2.45) is 0 Å². The molecule has 1 aromatic heterocycles. The largest absolute Gasteiger partial charge is 0.477 e. The van der Waals surface area contributed by atoms with Crippen molar-refractivity contribution in [3.8, 4) is 0 Å². The summed E-state index contributed by atoms with van der Waals surface area (Å²) in [7, 11) is 0. The second-order valence-corrected chi connectivity index (χ2v) is 5.27. The molecule has 0 aliphatic heterocycles. The molecule has 0 atom stereocenters. The molecule has 160 valence electrons. The van der Waals surface area contributed by atoms with Crippen molar-refractivity contribution in [3.63, 3.8) is 0 Å². The molecular formula is C18H15N5O8. The molecular weight excluding hydrogens is 414 g/mol. The van der Waals surface area contributed by atoms with Crippen LogP contribution in [-0.2, 0) is 0 Å². The average Bonchev–Trinajstić information content (AvgIpc) is 2.75. The summed E-state index contributed by atoms with van der Waals surface area (Å²) < 4.78 is 0. The fourth-order valence-corrected chi connectivity index (χ4v) is 1.94. The molecule has 0 bridgehead atoms. The number of benzene rings is 2. The summed E-state index contributed by atoms with van der Waals surface area (Å²) >= 11 is 0. The summed E-state index contributed by atoms with van der Waals surface area (Å²) in [6.45, 7) is 0. The first-order chi connectivity index (χ1) is 14.6. The smallest absolute Gasteiger partial charge is 0.342 e. The highest BCUT2D eigenvalue weighted by molar-refractivity contribution is 5.92. The van der Waals surface area contributed by atoms with Gasteiger partial charge in [0.15, 0.2) is 0 Å². The van der Waals surface area contributed by atoms with E-state index in [2.05, 4.69) is 9.97 Å². The third-order valence-electron chi connectivity index (χ3n) is 3.25. The van der Waals surface area contributed by atoms with Gasteiger partial charge in [0.25, 0.3) is 11.4 Å². The Bertz CT molecular complexity index is 942. The lowest BCUT2D eigenvalue weighted by Gasteiger charge is -1.94. The third-order valence-corrected chi connectivity index (χ3v) is 3.25. The van der Waals surface area contributed by atoms with Crippen LogP contribution in [0.4, 0.5) is 17.3 Å². The fraction of sp³-hybridized carbons (Fsp3) is 0. The molecule has 0 saturated heterocycles. The van der Waals surface area contributed by atoms with Gasteiger partial charge >= 0.3 is 11.9 Å². The number of aromatic carboxylic acids is 2. The monoisotopic (exact) mass is 429 g/mol. The van der Waals surface area contributed by atoms with Crippen LogP contribution >= 0.6 is 0 Å². The number of nitrogen functional groups attached to an aromatic ring is 1. The van der Waals surface area contributed by atoms with Gasteiger partial charge in [0.1, 0.15) is 11.1 Å². The summed E-state index contributed by atoms with van der Waals surface area (Å²) in [4.78, 5) is 47.2. The topological polar surface area (TPSA) is 213 Å². The second kappa shape index (κ2) is 11.8. The first kappa shape index (κ1) is 24.1. The number of rotatable bonds is 4. The Kier molecular flexibility index (Phi) is 9.17. The number of carbonyl (C=O) groups is 2. The number of hydrogen-bond acceptors (Lipinski definition) is 9. The van der Waals surface area contributed by atoms with Crippen LogP contribution in [0.1, 0.15) is 20.7 Å². The Hall–Kier alpha value is -4.94. The number of anilines is 1. The summed E-state index contributed by atoms with van der Waals surface area (Å²) in [6, 6.07) is 12.1. The molecule has 0 aliphatic rings. The Morgan fingerprint density at radius 3 is 1.32 bits per heavy atom. The summed E-state index contributed by atoms with van der Waals surface area (Å²) in [5, 5.41) is 37.6. The predicted octanol–water partition coefficient (Wildman–Crippen LogP) is 2.64. The molecule has 3 rings (SSSR count). The standard InChI is InChI=1S/2C7H5NO4.C4H5N3/c2*9-7(10)5-3-1-2-4-6(5)8(11)12;5-4-6-2-1-3-7-4/h2*1-4H,(H,9,10);1-3H,(H2,5,6,7). The molecule has 31 heavy (non-hydrogen) atoms. The zero-order chi connectivity index (χ0) is 23.4. The maximum Gasteiger partial charge on any atom is 0.342 e. The van der Waals surface area contributed by atoms with Crippen molar-refractivity contribution in [2.45, 2.75) is 0 Å². The highest BCUT2D eigenvalue weighted by Crippen LogP contribution is 2.17. The van der Waals surface area contributed by atoms with Gasteiger partial charge in [0.2, 0.25) is 5.95 Å². The SMILES string of the molecule is Nc1ncccn1.O=C(O)c1ccccc1[N+](=O)[O-].O=C(O)c1ccccc1[N+](=O)[O-]. The van der Waals surface area contributed by atoms with Crippen LogP contribution in [0.3, 0.4) is 0 Å². The number of nitro groups is 2. The first-order valence-corrected chi connectivity index (χ1v) is 8.11. The normalized spacial score (nSPS) is 9.16. The molecule has 2 aromatic carbocycles. The van der Waals surface area contributed by atoms with Crippen molar-refractivity contribution in [1.29, 1.82) is 0 Å². The molecule has 13 heteroatoms. The first-order valence-electron chi connectivity index (χ1n) is 8.11. The zero-order valence-electron chi connectivity index (χ0n) is 15.6. The van der Waals surface area contributed by atoms with E-state index in [1.807, 2.05) is 0 Å². The van der Waals surface area contributed by atoms with Gasteiger partial charge in [-0.25, -0.2) is 19.6 Å². The van der Waals surface area contributed by atoms with Gasteiger partial charge in [0.05, 0.1) is 9.85 Å². The van der Waals surface area contributed by atoms with Crippen molar-refractivity contribution in [1.82, 2.24) is 9.97 Å². The van der Waals surface area contributed by atoms with Crippen LogP contribution in [0.15, 0.2) is 67.0 Å². The van der Waals surface area contributed by atoms with E-state index >= 15 is 0 Å². The molecule has 0 aliphatic carbocycles. The minimum absolute atomic E-state index is 0.289. The number of hydrogen-bond donors (Lipinski definition) is 3. The molecule has 0 amide bonds. The Balaban J connectivity index is 0.000000241. The minimum Gasteiger partial charge on any atom is -0.477 e. The molecule has 1 heterocycles. The molecule has 3 aromatic rings. The summed E-state index contributed by atoms with van der Waals surface area (Å²) in [6.07, 6.45) is 3.20. The number of nitrogens with two attached hydrogens (primary N) is 1. The van der Waals surface area contributed by atoms with Gasteiger partial charge in [0, 0.05) is 24.5 Å². The maximum absolute atomic E-state index is 10.4. The van der Waals surface area contributed by atoms with Crippen molar-refractivity contribution >= 4 is 29.3 Å². The van der Waals surface area contributed by atoms with Gasteiger partial charge in [-0.3, -0.25) is 20.2 Å². The van der Waals surface area contributed by atoms with Gasteiger partial charge in [-0.05, 0) is 18.2 Å². The van der Waals surface area contributed by atoms with E-state index in [4.69, 9.17) is 15.9 Å². The van der Waals surface area contributed by atoms with Gasteiger partial charge < -0.3 is 15.9 Å². The Morgan fingerprint density at radius 2 is 1.10 bits per heavy atom. The molecule has 4 N–H and O–H groups in total. The molecule has 0 spiro atoms. The van der Waals surface area contributed by atoms with Crippen LogP contribution in [0.25, 0.3) is 0 Å². The van der Waals surface area contributed by atoms with Crippen molar-refractivity contribution in [2.75, 3.05) is 5.73 Å². The lowest BCUT2D eigenvalue weighted by molar-refractivity contribution is -0.385. The van der Waals surface area contributed by atoms with Crippen LogP contribution < -0.4 is 5.73 Å². The third kappa shape index (κ3) is 7.90. The van der Waals surface area contributed by atoms with E-state index in [1.54, 1.807) is 18.5 Å². The van der Waals surface area contributed by atoms with Gasteiger partial charge in [-0.1, -0.05) is 24.3 Å². The maximum atomic E-state index is 10.4. The van der Waals surface area contributed by atoms with Crippen LogP contribution in [0, 0.1) is 20.2 Å². The minimum atomic E-state index is -1.29. The van der Waals surface area contributed by atoms with E-state index < -0.39 is 21.8 Å².